The van der Waals surface area contributed by atoms with Crippen molar-refractivity contribution >= 4 is 93.5 Å². The Kier molecular flexibility index (Phi) is 5.74. The van der Waals surface area contributed by atoms with Crippen molar-refractivity contribution in [1.29, 1.82) is 0 Å². The van der Waals surface area contributed by atoms with Gasteiger partial charge in [0.25, 0.3) is 0 Å². The van der Waals surface area contributed by atoms with Crippen LogP contribution in [0.25, 0.3) is 0 Å². The van der Waals surface area contributed by atoms with Gasteiger partial charge < -0.3 is 0 Å². The van der Waals surface area contributed by atoms with E-state index < -0.39 is 0 Å². The molecule has 116 valence electrons. The maximum absolute atomic E-state index is 6.53. The monoisotopic (exact) mass is 444 g/mol. The molecule has 0 saturated carbocycles. The Bertz CT molecular complexity index is 711. The van der Waals surface area contributed by atoms with Crippen LogP contribution >= 0.6 is 93.5 Å². The van der Waals surface area contributed by atoms with E-state index in [-0.39, 0.29) is 0 Å². The lowest BCUT2D eigenvalue weighted by Crippen LogP contribution is -1.95. The topological polar surface area (TPSA) is 0 Å². The molecule has 3 rings (SSSR count). The third kappa shape index (κ3) is 2.99. The van der Waals surface area contributed by atoms with E-state index in [4.69, 9.17) is 46.4 Å². The minimum atomic E-state index is 0.669. The molecule has 0 radical (unpaired) electrons. The Morgan fingerprint density at radius 3 is 1.41 bits per heavy atom. The molecule has 0 amide bonds. The smallest absolute Gasteiger partial charge is 0.0707 e. The van der Waals surface area contributed by atoms with Crippen LogP contribution in [0.5, 0.6) is 0 Å². The second kappa shape index (κ2) is 7.09. The molecule has 1 aliphatic heterocycles. The molecule has 0 aromatic heterocycles. The van der Waals surface area contributed by atoms with Gasteiger partial charge in [-0.05, 0) is 24.6 Å². The van der Waals surface area contributed by atoms with Crippen molar-refractivity contribution in [2.45, 2.75) is 29.4 Å². The first-order valence-corrected chi connectivity index (χ1v) is 11.5. The molecule has 0 bridgehead atoms. The predicted molar refractivity (Wildman–Crippen MR) is 105 cm³/mol. The number of hydrogen-bond donors (Lipinski definition) is 0. The maximum atomic E-state index is 6.53. The van der Waals surface area contributed by atoms with Gasteiger partial charge in [-0.2, -0.15) is 0 Å². The minimum Gasteiger partial charge on any atom is -0.126 e. The first-order chi connectivity index (χ1) is 10.5. The molecule has 1 heterocycles. The third-order valence-electron chi connectivity index (χ3n) is 3.03. The van der Waals surface area contributed by atoms with Gasteiger partial charge in [0.2, 0.25) is 0 Å². The number of rotatable bonds is 2. The van der Waals surface area contributed by atoms with E-state index in [2.05, 4.69) is 0 Å². The van der Waals surface area contributed by atoms with E-state index in [1.807, 2.05) is 24.6 Å². The molecule has 0 unspecified atom stereocenters. The van der Waals surface area contributed by atoms with Gasteiger partial charge in [0.15, 0.2) is 0 Å². The van der Waals surface area contributed by atoms with Gasteiger partial charge in [-0.3, -0.25) is 0 Å². The summed E-state index contributed by atoms with van der Waals surface area (Å²) in [6.07, 6.45) is 3.93. The van der Waals surface area contributed by atoms with Crippen molar-refractivity contribution in [3.05, 3.63) is 32.2 Å². The molecule has 22 heavy (non-hydrogen) atoms. The van der Waals surface area contributed by atoms with E-state index in [1.54, 1.807) is 47.0 Å². The summed E-state index contributed by atoms with van der Waals surface area (Å²) in [5, 5.41) is 2.73. The molecule has 2 aromatic rings. The number of fused-ring (bicyclic) bond motifs is 2. The second-order valence-electron chi connectivity index (χ2n) is 4.27. The normalized spacial score (nSPS) is 13.0. The first kappa shape index (κ1) is 17.8. The summed E-state index contributed by atoms with van der Waals surface area (Å²) in [5.41, 5.74) is 0. The molecule has 0 saturated heterocycles. The summed E-state index contributed by atoms with van der Waals surface area (Å²) in [6, 6.07) is 3.91. The average Bonchev–Trinajstić information content (AvgIpc) is 2.47. The van der Waals surface area contributed by atoms with Crippen LogP contribution in [0.4, 0.5) is 0 Å². The van der Waals surface area contributed by atoms with Crippen LogP contribution in [0.1, 0.15) is 0 Å². The van der Waals surface area contributed by atoms with Crippen LogP contribution in [0.2, 0.25) is 20.1 Å². The van der Waals surface area contributed by atoms with Gasteiger partial charge in [0.05, 0.1) is 20.1 Å². The number of hydrogen-bond acceptors (Lipinski definition) is 4. The van der Waals surface area contributed by atoms with Crippen LogP contribution in [0.15, 0.2) is 41.5 Å². The summed E-state index contributed by atoms with van der Waals surface area (Å²) in [4.78, 5) is 5.88. The summed E-state index contributed by atoms with van der Waals surface area (Å²) >= 11 is 32.0. The molecule has 1 aliphatic rings. The SMILES string of the molecule is CSc1c(Cl)cc2c(c1Cl)Sc1cc(Cl)c(SC)c(Cl)c1S2. The zero-order valence-electron chi connectivity index (χ0n) is 11.3. The highest BCUT2D eigenvalue weighted by Crippen LogP contribution is 2.57. The van der Waals surface area contributed by atoms with Crippen molar-refractivity contribution in [2.24, 2.45) is 0 Å². The van der Waals surface area contributed by atoms with Crippen LogP contribution in [-0.2, 0) is 0 Å². The van der Waals surface area contributed by atoms with Gasteiger partial charge >= 0.3 is 0 Å². The molecule has 0 nitrogen and oxygen atoms in total. The van der Waals surface area contributed by atoms with E-state index >= 15 is 0 Å². The van der Waals surface area contributed by atoms with Crippen LogP contribution in [0, 0.1) is 0 Å². The molecular formula is C14H8Cl4S4. The highest BCUT2D eigenvalue weighted by atomic mass is 35.5. The lowest BCUT2D eigenvalue weighted by molar-refractivity contribution is 1.11. The summed E-state index contributed by atoms with van der Waals surface area (Å²) in [6.45, 7) is 0. The molecule has 2 aromatic carbocycles. The van der Waals surface area contributed by atoms with Gasteiger partial charge in [-0.25, -0.2) is 0 Å². The van der Waals surface area contributed by atoms with Gasteiger partial charge in [0, 0.05) is 29.4 Å². The van der Waals surface area contributed by atoms with Crippen molar-refractivity contribution < 1.29 is 0 Å². The maximum Gasteiger partial charge on any atom is 0.0707 e. The van der Waals surface area contributed by atoms with Gasteiger partial charge in [-0.1, -0.05) is 69.9 Å². The standard InChI is InChI=1S/C14H8Cl4S4/c1-19-11-5(15)3-7-13(9(11)17)21-8-4-6(16)12(20-2)10(18)14(8)22-7/h3-4H,1-2H3. The summed E-state index contributed by atoms with van der Waals surface area (Å²) in [5.74, 6) is 0. The zero-order valence-corrected chi connectivity index (χ0v) is 17.6. The van der Waals surface area contributed by atoms with Crippen molar-refractivity contribution in [2.75, 3.05) is 12.5 Å². The fourth-order valence-electron chi connectivity index (χ4n) is 2.06. The van der Waals surface area contributed by atoms with E-state index in [0.29, 0.717) is 20.1 Å². The Hall–Kier alpha value is 1.000. The lowest BCUT2D eigenvalue weighted by Gasteiger charge is -2.23. The largest absolute Gasteiger partial charge is 0.126 e. The van der Waals surface area contributed by atoms with Gasteiger partial charge in [-0.15, -0.1) is 23.5 Å². The highest BCUT2D eigenvalue weighted by Gasteiger charge is 2.27. The molecule has 0 spiro atoms. The quantitative estimate of drug-likeness (QED) is 0.363. The van der Waals surface area contributed by atoms with Crippen LogP contribution in [0.3, 0.4) is 0 Å². The highest BCUT2D eigenvalue weighted by molar-refractivity contribution is 8.05. The number of thioether (sulfide) groups is 2. The zero-order chi connectivity index (χ0) is 16.0. The van der Waals surface area contributed by atoms with Crippen molar-refractivity contribution in [3.8, 4) is 0 Å². The fraction of sp³-hybridized carbons (Fsp3) is 0.143. The molecule has 0 N–H and O–H groups in total. The number of halogens is 4. The Morgan fingerprint density at radius 1 is 0.727 bits per heavy atom. The lowest BCUT2D eigenvalue weighted by atomic mass is 10.3. The molecule has 0 atom stereocenters. The number of benzene rings is 2. The summed E-state index contributed by atoms with van der Waals surface area (Å²) < 4.78 is 0. The van der Waals surface area contributed by atoms with Gasteiger partial charge in [0.1, 0.15) is 0 Å². The van der Waals surface area contributed by atoms with E-state index in [9.17, 15) is 0 Å². The molecule has 0 aliphatic carbocycles. The summed E-state index contributed by atoms with van der Waals surface area (Å²) in [7, 11) is 0. The third-order valence-corrected chi connectivity index (χ3v) is 9.31. The molecule has 8 heteroatoms. The van der Waals surface area contributed by atoms with E-state index in [1.165, 1.54) is 0 Å². The second-order valence-corrected chi connectivity index (χ2v) is 9.58. The fourth-order valence-corrected chi connectivity index (χ4v) is 7.96. The molecular weight excluding hydrogens is 438 g/mol. The van der Waals surface area contributed by atoms with E-state index in [0.717, 1.165) is 29.4 Å². The van der Waals surface area contributed by atoms with Crippen LogP contribution < -0.4 is 0 Å². The Balaban J connectivity index is 2.18. The first-order valence-electron chi connectivity index (χ1n) is 5.95. The average molecular weight is 446 g/mol. The van der Waals surface area contributed by atoms with Crippen molar-refractivity contribution in [1.82, 2.24) is 0 Å². The molecule has 0 fully saturated rings. The predicted octanol–water partition coefficient (Wildman–Crippen LogP) is 8.36. The van der Waals surface area contributed by atoms with Crippen LogP contribution in [-0.4, -0.2) is 12.5 Å². The Labute approximate surface area is 166 Å². The van der Waals surface area contributed by atoms with Crippen molar-refractivity contribution in [3.63, 3.8) is 0 Å². The minimum absolute atomic E-state index is 0.669. The Morgan fingerprint density at radius 2 is 1.09 bits per heavy atom.